The number of carbonyl (C=O) groups excluding carboxylic acids is 1. The molecule has 0 unspecified atom stereocenters. The normalized spacial score (nSPS) is 10.7. The number of benzene rings is 1. The van der Waals surface area contributed by atoms with Crippen LogP contribution in [0.25, 0.3) is 6.08 Å². The van der Waals surface area contributed by atoms with E-state index in [-0.39, 0.29) is 5.56 Å². The maximum absolute atomic E-state index is 13.1. The molecule has 0 saturated heterocycles. The van der Waals surface area contributed by atoms with Crippen molar-refractivity contribution in [1.82, 2.24) is 0 Å². The first-order chi connectivity index (χ1) is 6.79. The summed E-state index contributed by atoms with van der Waals surface area (Å²) in [6.07, 6.45) is 4.75. The molecule has 14 heavy (non-hydrogen) atoms. The summed E-state index contributed by atoms with van der Waals surface area (Å²) in [6, 6.07) is 4.53. The standard InChI is InChI=1S/C11H10ClFO/c12-7-2-1-4-9-5-3-6-11(13)10(9)8-14/h1,3-6,8H,2,7H2. The molecule has 1 aromatic carbocycles. The van der Waals surface area contributed by atoms with Crippen LogP contribution in [-0.2, 0) is 0 Å². The largest absolute Gasteiger partial charge is 0.298 e. The van der Waals surface area contributed by atoms with Crippen molar-refractivity contribution in [2.75, 3.05) is 5.88 Å². The van der Waals surface area contributed by atoms with Crippen LogP contribution in [0.4, 0.5) is 4.39 Å². The molecule has 0 aliphatic carbocycles. The average Bonchev–Trinajstić information content (AvgIpc) is 2.18. The molecule has 0 bridgehead atoms. The zero-order valence-electron chi connectivity index (χ0n) is 7.54. The van der Waals surface area contributed by atoms with Crippen molar-refractivity contribution in [2.24, 2.45) is 0 Å². The summed E-state index contributed by atoms with van der Waals surface area (Å²) in [6.45, 7) is 0. The van der Waals surface area contributed by atoms with Gasteiger partial charge in [-0.05, 0) is 18.1 Å². The molecule has 0 aromatic heterocycles. The molecule has 0 N–H and O–H groups in total. The SMILES string of the molecule is O=Cc1c(F)cccc1C=CCCCl. The fourth-order valence-electron chi connectivity index (χ4n) is 1.10. The lowest BCUT2D eigenvalue weighted by Crippen LogP contribution is -1.91. The second-order valence-electron chi connectivity index (χ2n) is 2.74. The quantitative estimate of drug-likeness (QED) is 0.553. The molecule has 0 atom stereocenters. The monoisotopic (exact) mass is 212 g/mol. The molecule has 0 heterocycles. The van der Waals surface area contributed by atoms with Gasteiger partial charge < -0.3 is 0 Å². The van der Waals surface area contributed by atoms with Crippen molar-refractivity contribution in [3.05, 3.63) is 41.2 Å². The third kappa shape index (κ3) is 2.67. The molecule has 3 heteroatoms. The first-order valence-electron chi connectivity index (χ1n) is 4.25. The second-order valence-corrected chi connectivity index (χ2v) is 3.12. The van der Waals surface area contributed by atoms with E-state index in [1.165, 1.54) is 6.07 Å². The minimum Gasteiger partial charge on any atom is -0.298 e. The molecule has 1 rings (SSSR count). The van der Waals surface area contributed by atoms with E-state index in [0.717, 1.165) is 0 Å². The Hall–Kier alpha value is -1.15. The summed E-state index contributed by atoms with van der Waals surface area (Å²) in [5.41, 5.74) is 0.684. The summed E-state index contributed by atoms with van der Waals surface area (Å²) < 4.78 is 13.1. The molecular weight excluding hydrogens is 203 g/mol. The van der Waals surface area contributed by atoms with Crippen molar-refractivity contribution < 1.29 is 9.18 Å². The van der Waals surface area contributed by atoms with E-state index in [2.05, 4.69) is 0 Å². The molecule has 0 fully saturated rings. The maximum Gasteiger partial charge on any atom is 0.153 e. The number of allylic oxidation sites excluding steroid dienone is 1. The lowest BCUT2D eigenvalue weighted by Gasteiger charge is -1.99. The van der Waals surface area contributed by atoms with Crippen molar-refractivity contribution in [3.63, 3.8) is 0 Å². The van der Waals surface area contributed by atoms with Gasteiger partial charge in [0, 0.05) is 5.88 Å². The Morgan fingerprint density at radius 3 is 2.86 bits per heavy atom. The summed E-state index contributed by atoms with van der Waals surface area (Å²) in [4.78, 5) is 10.6. The molecule has 0 amide bonds. The number of aldehydes is 1. The molecular formula is C11H10ClFO. The Kier molecular flexibility index (Phi) is 4.33. The summed E-state index contributed by atoms with van der Waals surface area (Å²) in [5, 5.41) is 0. The van der Waals surface area contributed by atoms with Gasteiger partial charge in [-0.1, -0.05) is 24.3 Å². The van der Waals surface area contributed by atoms with Crippen LogP contribution < -0.4 is 0 Å². The topological polar surface area (TPSA) is 17.1 Å². The van der Waals surface area contributed by atoms with Gasteiger partial charge >= 0.3 is 0 Å². The van der Waals surface area contributed by atoms with Crippen LogP contribution in [0.5, 0.6) is 0 Å². The average molecular weight is 213 g/mol. The van der Waals surface area contributed by atoms with E-state index in [9.17, 15) is 9.18 Å². The lowest BCUT2D eigenvalue weighted by molar-refractivity contribution is 0.111. The van der Waals surface area contributed by atoms with Gasteiger partial charge in [0.1, 0.15) is 5.82 Å². The molecule has 0 spiro atoms. The van der Waals surface area contributed by atoms with Crippen LogP contribution in [-0.4, -0.2) is 12.2 Å². The zero-order valence-corrected chi connectivity index (χ0v) is 8.30. The van der Waals surface area contributed by atoms with E-state index in [1.807, 2.05) is 6.08 Å². The molecule has 0 aliphatic rings. The Labute approximate surface area is 87.2 Å². The van der Waals surface area contributed by atoms with E-state index in [1.54, 1.807) is 18.2 Å². The van der Waals surface area contributed by atoms with Crippen LogP contribution in [0.1, 0.15) is 22.3 Å². The fraction of sp³-hybridized carbons (Fsp3) is 0.182. The van der Waals surface area contributed by atoms with Gasteiger partial charge in [-0.25, -0.2) is 4.39 Å². The minimum absolute atomic E-state index is 0.0957. The van der Waals surface area contributed by atoms with Crippen LogP contribution in [0.3, 0.4) is 0 Å². The Bertz CT molecular complexity index is 347. The lowest BCUT2D eigenvalue weighted by atomic mass is 10.1. The van der Waals surface area contributed by atoms with Crippen molar-refractivity contribution in [1.29, 1.82) is 0 Å². The highest BCUT2D eigenvalue weighted by molar-refractivity contribution is 6.17. The third-order valence-electron chi connectivity index (χ3n) is 1.78. The predicted octanol–water partition coefficient (Wildman–Crippen LogP) is 3.28. The van der Waals surface area contributed by atoms with Crippen molar-refractivity contribution in [3.8, 4) is 0 Å². The third-order valence-corrected chi connectivity index (χ3v) is 2.00. The maximum atomic E-state index is 13.1. The van der Waals surface area contributed by atoms with Gasteiger partial charge in [-0.3, -0.25) is 4.79 Å². The van der Waals surface area contributed by atoms with Crippen LogP contribution >= 0.6 is 11.6 Å². The van der Waals surface area contributed by atoms with Crippen LogP contribution in [0.2, 0.25) is 0 Å². The van der Waals surface area contributed by atoms with E-state index in [4.69, 9.17) is 11.6 Å². The number of hydrogen-bond donors (Lipinski definition) is 0. The number of hydrogen-bond acceptors (Lipinski definition) is 1. The van der Waals surface area contributed by atoms with Gasteiger partial charge in [-0.2, -0.15) is 0 Å². The Balaban J connectivity index is 2.96. The number of carbonyl (C=O) groups is 1. The fourth-order valence-corrected chi connectivity index (χ4v) is 1.22. The first-order valence-corrected chi connectivity index (χ1v) is 4.79. The van der Waals surface area contributed by atoms with Crippen molar-refractivity contribution in [2.45, 2.75) is 6.42 Å². The molecule has 74 valence electrons. The van der Waals surface area contributed by atoms with Gasteiger partial charge in [0.2, 0.25) is 0 Å². The first kappa shape index (κ1) is 10.9. The smallest absolute Gasteiger partial charge is 0.153 e. The highest BCUT2D eigenvalue weighted by Gasteiger charge is 2.03. The Morgan fingerprint density at radius 1 is 1.43 bits per heavy atom. The van der Waals surface area contributed by atoms with Gasteiger partial charge in [0.25, 0.3) is 0 Å². The molecule has 0 aliphatic heterocycles. The van der Waals surface area contributed by atoms with E-state index < -0.39 is 5.82 Å². The van der Waals surface area contributed by atoms with E-state index in [0.29, 0.717) is 24.2 Å². The number of halogens is 2. The van der Waals surface area contributed by atoms with Crippen molar-refractivity contribution >= 4 is 24.0 Å². The minimum atomic E-state index is -0.493. The molecule has 1 aromatic rings. The van der Waals surface area contributed by atoms with E-state index >= 15 is 0 Å². The summed E-state index contributed by atoms with van der Waals surface area (Å²) in [5.74, 6) is 0.0235. The Morgan fingerprint density at radius 2 is 2.21 bits per heavy atom. The van der Waals surface area contributed by atoms with Crippen LogP contribution in [0, 0.1) is 5.82 Å². The molecule has 1 nitrogen and oxygen atoms in total. The second kappa shape index (κ2) is 5.55. The summed E-state index contributed by atoms with van der Waals surface area (Å²) >= 11 is 5.48. The highest BCUT2D eigenvalue weighted by atomic mass is 35.5. The zero-order chi connectivity index (χ0) is 10.4. The molecule has 0 saturated carbocycles. The number of rotatable bonds is 4. The number of alkyl halides is 1. The van der Waals surface area contributed by atoms with Gasteiger partial charge in [0.05, 0.1) is 5.56 Å². The van der Waals surface area contributed by atoms with Gasteiger partial charge in [0.15, 0.2) is 6.29 Å². The predicted molar refractivity (Wildman–Crippen MR) is 56.2 cm³/mol. The van der Waals surface area contributed by atoms with Crippen LogP contribution in [0.15, 0.2) is 24.3 Å². The van der Waals surface area contributed by atoms with Gasteiger partial charge in [-0.15, -0.1) is 11.6 Å². The highest BCUT2D eigenvalue weighted by Crippen LogP contribution is 2.13. The summed E-state index contributed by atoms with van der Waals surface area (Å²) in [7, 11) is 0. The molecule has 0 radical (unpaired) electrons.